The van der Waals surface area contributed by atoms with E-state index >= 15 is 0 Å². The smallest absolute Gasteiger partial charge is 0.306 e. The molecule has 0 spiro atoms. The third-order valence-electron chi connectivity index (χ3n) is 2.62. The van der Waals surface area contributed by atoms with Crippen LogP contribution in [0.5, 0.6) is 0 Å². The predicted molar refractivity (Wildman–Crippen MR) is 65.4 cm³/mol. The van der Waals surface area contributed by atoms with Crippen molar-refractivity contribution < 1.29 is 9.53 Å². The van der Waals surface area contributed by atoms with Gasteiger partial charge in [0.1, 0.15) is 0 Å². The summed E-state index contributed by atoms with van der Waals surface area (Å²) in [5.41, 5.74) is 2.47. The van der Waals surface area contributed by atoms with Gasteiger partial charge in [-0.2, -0.15) is 0 Å². The van der Waals surface area contributed by atoms with Crippen molar-refractivity contribution in [2.45, 2.75) is 39.5 Å². The van der Waals surface area contributed by atoms with Gasteiger partial charge in [-0.3, -0.25) is 4.79 Å². The molecule has 0 heterocycles. The molecule has 0 aliphatic heterocycles. The Kier molecular flexibility index (Phi) is 5.62. The number of hydrogen-bond acceptors (Lipinski definition) is 2. The quantitative estimate of drug-likeness (QED) is 0.543. The predicted octanol–water partition coefficient (Wildman–Crippen LogP) is 3.27. The highest BCUT2D eigenvalue weighted by Crippen LogP contribution is 2.09. The van der Waals surface area contributed by atoms with Crippen LogP contribution in [0.3, 0.4) is 0 Å². The standard InChI is InChI=1S/C14H20O2/c1-3-4-11-16-14(15)10-9-13-8-6-5-7-12(13)2/h5-8H,3-4,9-11H2,1-2H3. The number of esters is 1. The van der Waals surface area contributed by atoms with Crippen molar-refractivity contribution in [1.29, 1.82) is 0 Å². The largest absolute Gasteiger partial charge is 0.466 e. The van der Waals surface area contributed by atoms with Crippen molar-refractivity contribution in [2.24, 2.45) is 0 Å². The Morgan fingerprint density at radius 3 is 2.75 bits per heavy atom. The maximum absolute atomic E-state index is 11.4. The number of unbranched alkanes of at least 4 members (excludes halogenated alkanes) is 1. The first-order chi connectivity index (χ1) is 7.74. The van der Waals surface area contributed by atoms with Crippen LogP contribution >= 0.6 is 0 Å². The molecule has 1 rings (SSSR count). The second kappa shape index (κ2) is 7.04. The Morgan fingerprint density at radius 1 is 1.31 bits per heavy atom. The van der Waals surface area contributed by atoms with Gasteiger partial charge in [0.2, 0.25) is 0 Å². The van der Waals surface area contributed by atoms with Gasteiger partial charge in [-0.05, 0) is 30.9 Å². The zero-order chi connectivity index (χ0) is 11.8. The fourth-order valence-electron chi connectivity index (χ4n) is 1.53. The first-order valence-corrected chi connectivity index (χ1v) is 5.94. The molecule has 16 heavy (non-hydrogen) atoms. The lowest BCUT2D eigenvalue weighted by Crippen LogP contribution is -2.07. The summed E-state index contributed by atoms with van der Waals surface area (Å²) in [6.45, 7) is 4.71. The Bertz CT molecular complexity index is 331. The van der Waals surface area contributed by atoms with E-state index in [0.29, 0.717) is 13.0 Å². The van der Waals surface area contributed by atoms with Crippen LogP contribution in [0.4, 0.5) is 0 Å². The van der Waals surface area contributed by atoms with Crippen LogP contribution < -0.4 is 0 Å². The normalized spacial score (nSPS) is 10.1. The van der Waals surface area contributed by atoms with E-state index in [1.807, 2.05) is 12.1 Å². The van der Waals surface area contributed by atoms with Crippen LogP contribution in [-0.2, 0) is 16.0 Å². The minimum atomic E-state index is -0.0864. The van der Waals surface area contributed by atoms with Crippen LogP contribution in [-0.4, -0.2) is 12.6 Å². The van der Waals surface area contributed by atoms with Crippen molar-refractivity contribution >= 4 is 5.97 Å². The number of hydrogen-bond donors (Lipinski definition) is 0. The molecule has 2 heteroatoms. The van der Waals surface area contributed by atoms with Gasteiger partial charge in [-0.1, -0.05) is 37.6 Å². The Balaban J connectivity index is 2.29. The van der Waals surface area contributed by atoms with Crippen molar-refractivity contribution in [1.82, 2.24) is 0 Å². The number of benzene rings is 1. The van der Waals surface area contributed by atoms with Gasteiger partial charge in [0.15, 0.2) is 0 Å². The highest BCUT2D eigenvalue weighted by molar-refractivity contribution is 5.69. The third kappa shape index (κ3) is 4.47. The zero-order valence-electron chi connectivity index (χ0n) is 10.2. The highest BCUT2D eigenvalue weighted by Gasteiger charge is 2.04. The summed E-state index contributed by atoms with van der Waals surface area (Å²) in [7, 11) is 0. The molecule has 1 aromatic carbocycles. The Labute approximate surface area is 97.6 Å². The lowest BCUT2D eigenvalue weighted by Gasteiger charge is -2.06. The van der Waals surface area contributed by atoms with E-state index in [0.717, 1.165) is 19.3 Å². The molecule has 0 saturated heterocycles. The van der Waals surface area contributed by atoms with Gasteiger partial charge in [0.05, 0.1) is 6.61 Å². The maximum Gasteiger partial charge on any atom is 0.306 e. The van der Waals surface area contributed by atoms with E-state index in [1.165, 1.54) is 11.1 Å². The molecule has 2 nitrogen and oxygen atoms in total. The summed E-state index contributed by atoms with van der Waals surface area (Å²) >= 11 is 0. The summed E-state index contributed by atoms with van der Waals surface area (Å²) in [5, 5.41) is 0. The van der Waals surface area contributed by atoms with E-state index < -0.39 is 0 Å². The van der Waals surface area contributed by atoms with Crippen LogP contribution in [0.2, 0.25) is 0 Å². The van der Waals surface area contributed by atoms with Gasteiger partial charge < -0.3 is 4.74 Å². The summed E-state index contributed by atoms with van der Waals surface area (Å²) in [5.74, 6) is -0.0864. The average molecular weight is 220 g/mol. The van der Waals surface area contributed by atoms with Gasteiger partial charge in [-0.15, -0.1) is 0 Å². The first-order valence-electron chi connectivity index (χ1n) is 5.94. The molecular weight excluding hydrogens is 200 g/mol. The number of carbonyl (C=O) groups excluding carboxylic acids is 1. The van der Waals surface area contributed by atoms with Crippen LogP contribution in [0.1, 0.15) is 37.3 Å². The van der Waals surface area contributed by atoms with E-state index in [1.54, 1.807) is 0 Å². The van der Waals surface area contributed by atoms with Crippen molar-refractivity contribution in [3.05, 3.63) is 35.4 Å². The number of aryl methyl sites for hydroxylation is 2. The second-order valence-corrected chi connectivity index (χ2v) is 4.00. The summed E-state index contributed by atoms with van der Waals surface area (Å²) in [6.07, 6.45) is 3.27. The molecule has 0 unspecified atom stereocenters. The van der Waals surface area contributed by atoms with Crippen molar-refractivity contribution in [3.8, 4) is 0 Å². The van der Waals surface area contributed by atoms with Gasteiger partial charge in [0, 0.05) is 6.42 Å². The number of rotatable bonds is 6. The first kappa shape index (κ1) is 12.8. The molecule has 1 aromatic rings. The molecule has 0 atom stereocenters. The molecule has 0 aliphatic carbocycles. The molecule has 0 aliphatic rings. The molecule has 0 saturated carbocycles. The van der Waals surface area contributed by atoms with Gasteiger partial charge in [0.25, 0.3) is 0 Å². The molecule has 0 N–H and O–H groups in total. The average Bonchev–Trinajstić information content (AvgIpc) is 2.28. The van der Waals surface area contributed by atoms with Gasteiger partial charge in [-0.25, -0.2) is 0 Å². The number of ether oxygens (including phenoxy) is 1. The minimum Gasteiger partial charge on any atom is -0.466 e. The Morgan fingerprint density at radius 2 is 2.06 bits per heavy atom. The summed E-state index contributed by atoms with van der Waals surface area (Å²) < 4.78 is 5.11. The van der Waals surface area contributed by atoms with Crippen molar-refractivity contribution in [3.63, 3.8) is 0 Å². The lowest BCUT2D eigenvalue weighted by atomic mass is 10.0. The van der Waals surface area contributed by atoms with Gasteiger partial charge >= 0.3 is 5.97 Å². The van der Waals surface area contributed by atoms with Crippen molar-refractivity contribution in [2.75, 3.05) is 6.61 Å². The third-order valence-corrected chi connectivity index (χ3v) is 2.62. The SMILES string of the molecule is CCCCOC(=O)CCc1ccccc1C. The Hall–Kier alpha value is -1.31. The van der Waals surface area contributed by atoms with E-state index in [9.17, 15) is 4.79 Å². The van der Waals surface area contributed by atoms with E-state index in [4.69, 9.17) is 4.74 Å². The molecule has 88 valence electrons. The number of carbonyl (C=O) groups is 1. The molecule has 0 fully saturated rings. The zero-order valence-corrected chi connectivity index (χ0v) is 10.2. The summed E-state index contributed by atoms with van der Waals surface area (Å²) in [6, 6.07) is 8.15. The van der Waals surface area contributed by atoms with E-state index in [2.05, 4.69) is 26.0 Å². The van der Waals surface area contributed by atoms with Crippen LogP contribution in [0.25, 0.3) is 0 Å². The molecular formula is C14H20O2. The molecule has 0 amide bonds. The topological polar surface area (TPSA) is 26.3 Å². The van der Waals surface area contributed by atoms with Crippen LogP contribution in [0, 0.1) is 6.92 Å². The second-order valence-electron chi connectivity index (χ2n) is 4.00. The monoisotopic (exact) mass is 220 g/mol. The summed E-state index contributed by atoms with van der Waals surface area (Å²) in [4.78, 5) is 11.4. The van der Waals surface area contributed by atoms with Crippen LogP contribution in [0.15, 0.2) is 24.3 Å². The maximum atomic E-state index is 11.4. The fraction of sp³-hybridized carbons (Fsp3) is 0.500. The molecule has 0 radical (unpaired) electrons. The molecule has 0 bridgehead atoms. The fourth-order valence-corrected chi connectivity index (χ4v) is 1.53. The lowest BCUT2D eigenvalue weighted by molar-refractivity contribution is -0.143. The highest BCUT2D eigenvalue weighted by atomic mass is 16.5. The van der Waals surface area contributed by atoms with E-state index in [-0.39, 0.29) is 5.97 Å². The molecule has 0 aromatic heterocycles. The minimum absolute atomic E-state index is 0.0864.